The number of carbonyl (C=O) groups excluding carboxylic acids is 1. The van der Waals surface area contributed by atoms with Gasteiger partial charge in [-0.15, -0.1) is 0 Å². The number of Topliss-reactive ketones (excluding diaryl/α,β-unsaturated/α-hetero) is 1. The lowest BCUT2D eigenvalue weighted by Gasteiger charge is -1.56. The highest BCUT2D eigenvalue weighted by Crippen LogP contribution is 1.72. The average Bonchev–Trinajstić information content (AvgIpc) is 2.11. The van der Waals surface area contributed by atoms with Crippen molar-refractivity contribution in [2.45, 2.75) is 13.8 Å². The number of hydrogen-bond donors (Lipinski definition) is 0. The molecule has 1 heterocycles. The van der Waals surface area contributed by atoms with Crippen LogP contribution in [-0.4, -0.2) is 10.8 Å². The zero-order chi connectivity index (χ0) is 7.11. The van der Waals surface area contributed by atoms with Crippen molar-refractivity contribution < 1.29 is 9.21 Å². The van der Waals surface area contributed by atoms with E-state index in [0.29, 0.717) is 0 Å². The first-order valence-corrected chi connectivity index (χ1v) is 2.53. The van der Waals surface area contributed by atoms with Gasteiger partial charge < -0.3 is 9.21 Å². The van der Waals surface area contributed by atoms with E-state index in [-0.39, 0.29) is 5.78 Å². The molecule has 0 N–H and O–H groups in total. The summed E-state index contributed by atoms with van der Waals surface area (Å²) in [4.78, 5) is 13.0. The zero-order valence-electron chi connectivity index (χ0n) is 5.50. The Hall–Kier alpha value is -1.12. The van der Waals surface area contributed by atoms with Gasteiger partial charge in [0.2, 0.25) is 0 Å². The Morgan fingerprint density at radius 1 is 1.56 bits per heavy atom. The molecule has 0 saturated heterocycles. The molecule has 0 amide bonds. The lowest BCUT2D eigenvalue weighted by Crippen LogP contribution is -1.69. The zero-order valence-corrected chi connectivity index (χ0v) is 5.50. The maximum atomic E-state index is 9.44. The Morgan fingerprint density at radius 3 is 2.22 bits per heavy atom. The predicted molar refractivity (Wildman–Crippen MR) is 32.9 cm³/mol. The number of ketones is 1. The van der Waals surface area contributed by atoms with Gasteiger partial charge in [0.15, 0.2) is 6.39 Å². The second-order valence-corrected chi connectivity index (χ2v) is 1.58. The fourth-order valence-corrected chi connectivity index (χ4v) is 0.176. The molecule has 0 bridgehead atoms. The molecule has 0 aliphatic rings. The normalized spacial score (nSPS) is 7.33. The Labute approximate surface area is 53.7 Å². The van der Waals surface area contributed by atoms with Crippen LogP contribution in [0.1, 0.15) is 13.8 Å². The highest BCUT2D eigenvalue weighted by Gasteiger charge is 1.62. The van der Waals surface area contributed by atoms with Crippen molar-refractivity contribution in [2.75, 3.05) is 0 Å². The molecule has 0 atom stereocenters. The molecule has 1 rings (SSSR count). The highest BCUT2D eigenvalue weighted by molar-refractivity contribution is 5.72. The number of carbonyl (C=O) groups is 1. The average molecular weight is 127 g/mol. The first-order valence-electron chi connectivity index (χ1n) is 2.53. The van der Waals surface area contributed by atoms with Crippen molar-refractivity contribution in [3.05, 3.63) is 18.9 Å². The van der Waals surface area contributed by atoms with Gasteiger partial charge in [0.05, 0.1) is 6.20 Å². The summed E-state index contributed by atoms with van der Waals surface area (Å²) in [5.74, 6) is 0.167. The molecular weight excluding hydrogens is 118 g/mol. The van der Waals surface area contributed by atoms with Crippen LogP contribution in [0.4, 0.5) is 0 Å². The molecule has 0 aliphatic heterocycles. The molecule has 0 spiro atoms. The van der Waals surface area contributed by atoms with Crippen molar-refractivity contribution in [3.63, 3.8) is 0 Å². The standard InChI is InChI=1S/C3H3NO.C3H6O/c1-2-5-3-4-1;1-3(2)4/h1-3H;1-2H3. The molecule has 50 valence electrons. The summed E-state index contributed by atoms with van der Waals surface area (Å²) in [6.07, 6.45) is 4.47. The molecule has 3 heteroatoms. The third-order valence-corrected chi connectivity index (χ3v) is 0.347. The van der Waals surface area contributed by atoms with Gasteiger partial charge in [-0.05, 0) is 13.8 Å². The summed E-state index contributed by atoms with van der Waals surface area (Å²) in [7, 11) is 0. The molecule has 3 nitrogen and oxygen atoms in total. The number of nitrogens with zero attached hydrogens (tertiary/aromatic N) is 1. The summed E-state index contributed by atoms with van der Waals surface area (Å²) in [5, 5.41) is 0. The van der Waals surface area contributed by atoms with Crippen LogP contribution in [0.25, 0.3) is 0 Å². The van der Waals surface area contributed by atoms with Gasteiger partial charge >= 0.3 is 0 Å². The predicted octanol–water partition coefficient (Wildman–Crippen LogP) is 1.27. The Morgan fingerprint density at radius 2 is 2.11 bits per heavy atom. The van der Waals surface area contributed by atoms with Crippen LogP contribution in [0, 0.1) is 0 Å². The van der Waals surface area contributed by atoms with Crippen LogP contribution in [0.2, 0.25) is 0 Å². The second kappa shape index (κ2) is 5.03. The Kier molecular flexibility index (Phi) is 4.40. The summed E-state index contributed by atoms with van der Waals surface area (Å²) in [6.45, 7) is 3.06. The quantitative estimate of drug-likeness (QED) is 0.527. The molecule has 0 saturated carbocycles. The van der Waals surface area contributed by atoms with Gasteiger partial charge in [0.1, 0.15) is 12.0 Å². The number of rotatable bonds is 0. The van der Waals surface area contributed by atoms with Crippen molar-refractivity contribution in [1.82, 2.24) is 4.98 Å². The van der Waals surface area contributed by atoms with Crippen molar-refractivity contribution in [3.8, 4) is 0 Å². The molecule has 0 unspecified atom stereocenters. The minimum absolute atomic E-state index is 0.167. The summed E-state index contributed by atoms with van der Waals surface area (Å²) in [5.41, 5.74) is 0. The maximum absolute atomic E-state index is 9.44. The Bertz CT molecular complexity index is 125. The van der Waals surface area contributed by atoms with E-state index in [1.807, 2.05) is 0 Å². The van der Waals surface area contributed by atoms with Gasteiger partial charge in [-0.2, -0.15) is 0 Å². The van der Waals surface area contributed by atoms with E-state index < -0.39 is 0 Å². The second-order valence-electron chi connectivity index (χ2n) is 1.58. The van der Waals surface area contributed by atoms with Gasteiger partial charge in [-0.1, -0.05) is 0 Å². The first-order chi connectivity index (χ1) is 4.23. The molecular formula is C6H9NO2. The third kappa shape index (κ3) is 10.9. The topological polar surface area (TPSA) is 43.1 Å². The van der Waals surface area contributed by atoms with Gasteiger partial charge in [-0.25, -0.2) is 4.98 Å². The Balaban J connectivity index is 0.000000148. The number of aromatic nitrogens is 1. The summed E-state index contributed by atoms with van der Waals surface area (Å²) in [6, 6.07) is 0. The van der Waals surface area contributed by atoms with Gasteiger partial charge in [0.25, 0.3) is 0 Å². The lowest BCUT2D eigenvalue weighted by atomic mass is 10.6. The van der Waals surface area contributed by atoms with E-state index in [9.17, 15) is 4.79 Å². The van der Waals surface area contributed by atoms with Crippen LogP contribution >= 0.6 is 0 Å². The van der Waals surface area contributed by atoms with E-state index in [1.54, 1.807) is 6.20 Å². The number of hydrogen-bond acceptors (Lipinski definition) is 3. The fraction of sp³-hybridized carbons (Fsp3) is 0.333. The molecule has 0 aromatic carbocycles. The van der Waals surface area contributed by atoms with Crippen molar-refractivity contribution >= 4 is 5.78 Å². The van der Waals surface area contributed by atoms with Crippen LogP contribution in [0.5, 0.6) is 0 Å². The van der Waals surface area contributed by atoms with Gasteiger partial charge in [-0.3, -0.25) is 0 Å². The van der Waals surface area contributed by atoms with Crippen molar-refractivity contribution in [2.24, 2.45) is 0 Å². The van der Waals surface area contributed by atoms with Crippen LogP contribution in [0.3, 0.4) is 0 Å². The monoisotopic (exact) mass is 127 g/mol. The fourth-order valence-electron chi connectivity index (χ4n) is 0.176. The van der Waals surface area contributed by atoms with E-state index in [0.717, 1.165) is 0 Å². The van der Waals surface area contributed by atoms with E-state index >= 15 is 0 Å². The summed E-state index contributed by atoms with van der Waals surface area (Å²) < 4.78 is 4.47. The van der Waals surface area contributed by atoms with Crippen LogP contribution in [-0.2, 0) is 4.79 Å². The van der Waals surface area contributed by atoms with Crippen molar-refractivity contribution in [1.29, 1.82) is 0 Å². The maximum Gasteiger partial charge on any atom is 0.180 e. The lowest BCUT2D eigenvalue weighted by molar-refractivity contribution is -0.114. The SMILES string of the molecule is CC(C)=O.c1cocn1. The van der Waals surface area contributed by atoms with E-state index in [4.69, 9.17) is 0 Å². The minimum Gasteiger partial charge on any atom is -0.452 e. The molecule has 0 radical (unpaired) electrons. The largest absolute Gasteiger partial charge is 0.452 e. The molecule has 9 heavy (non-hydrogen) atoms. The third-order valence-electron chi connectivity index (χ3n) is 0.347. The molecule has 0 aliphatic carbocycles. The smallest absolute Gasteiger partial charge is 0.180 e. The molecule has 0 fully saturated rings. The van der Waals surface area contributed by atoms with Crippen LogP contribution in [0.15, 0.2) is 23.3 Å². The summed E-state index contributed by atoms with van der Waals surface area (Å²) >= 11 is 0. The molecule has 1 aromatic rings. The number of oxazole rings is 1. The minimum atomic E-state index is 0.167. The highest BCUT2D eigenvalue weighted by atomic mass is 16.3. The first kappa shape index (κ1) is 7.88. The molecule has 1 aromatic heterocycles. The van der Waals surface area contributed by atoms with E-state index in [1.165, 1.54) is 26.5 Å². The van der Waals surface area contributed by atoms with Crippen LogP contribution < -0.4 is 0 Å². The van der Waals surface area contributed by atoms with Gasteiger partial charge in [0, 0.05) is 0 Å². The van der Waals surface area contributed by atoms with E-state index in [2.05, 4.69) is 9.40 Å².